The van der Waals surface area contributed by atoms with Crippen LogP contribution in [0.2, 0.25) is 0 Å². The molecule has 4 rings (SSSR count). The molecule has 0 aliphatic carbocycles. The van der Waals surface area contributed by atoms with Crippen LogP contribution in [0.4, 0.5) is 0 Å². The van der Waals surface area contributed by atoms with Crippen molar-refractivity contribution < 1.29 is 9.90 Å². The second-order valence-corrected chi connectivity index (χ2v) is 6.06. The predicted molar refractivity (Wildman–Crippen MR) is 97.2 cm³/mol. The highest BCUT2D eigenvalue weighted by Gasteiger charge is 2.15. The third-order valence-electron chi connectivity index (χ3n) is 4.44. The molecule has 0 amide bonds. The number of hydrogen-bond donors (Lipinski definition) is 2. The molecule has 0 bridgehead atoms. The number of carboxylic acid groups (broad SMARTS) is 1. The largest absolute Gasteiger partial charge is 0.478 e. The molecule has 9 nitrogen and oxygen atoms in total. The molecule has 0 aromatic carbocycles. The number of carbonyl (C=O) groups is 1. The van der Waals surface area contributed by atoms with E-state index < -0.39 is 5.97 Å². The Hall–Kier alpha value is -3.75. The van der Waals surface area contributed by atoms with E-state index in [2.05, 4.69) is 20.2 Å². The summed E-state index contributed by atoms with van der Waals surface area (Å²) < 4.78 is 2.90. The molecule has 0 aliphatic heterocycles. The summed E-state index contributed by atoms with van der Waals surface area (Å²) in [6.07, 6.45) is 7.06. The summed E-state index contributed by atoms with van der Waals surface area (Å²) in [5.41, 5.74) is 3.35. The molecule has 0 radical (unpaired) electrons. The molecule has 27 heavy (non-hydrogen) atoms. The highest BCUT2D eigenvalue weighted by atomic mass is 16.4. The fourth-order valence-electron chi connectivity index (χ4n) is 3.04. The number of H-pyrrole nitrogens is 1. The van der Waals surface area contributed by atoms with Crippen LogP contribution in [0.1, 0.15) is 28.5 Å². The molecule has 136 valence electrons. The molecule has 0 aliphatic rings. The molecule has 0 saturated carbocycles. The predicted octanol–water partition coefficient (Wildman–Crippen LogP) is 1.84. The summed E-state index contributed by atoms with van der Waals surface area (Å²) in [6, 6.07) is 2.86. The number of rotatable bonds is 4. The molecular formula is C18H16N6O3. The summed E-state index contributed by atoms with van der Waals surface area (Å²) >= 11 is 0. The van der Waals surface area contributed by atoms with Crippen molar-refractivity contribution in [2.75, 3.05) is 0 Å². The van der Waals surface area contributed by atoms with E-state index in [-0.39, 0.29) is 11.1 Å². The van der Waals surface area contributed by atoms with Gasteiger partial charge in [0.1, 0.15) is 0 Å². The van der Waals surface area contributed by atoms with Crippen LogP contribution >= 0.6 is 0 Å². The molecule has 4 aromatic rings. The standard InChI is InChI=1S/C18H16N6O3/c1-3-13-10(2)22-16-14(8-21-24(16)17(13)25)12-7-20-23(9-12)15-6-11(18(26)27)4-5-19-15/h4-9,21H,3H2,1-2H3,(H,26,27). The van der Waals surface area contributed by atoms with E-state index in [1.807, 2.05) is 13.8 Å². The van der Waals surface area contributed by atoms with E-state index in [0.717, 1.165) is 11.1 Å². The van der Waals surface area contributed by atoms with Crippen LogP contribution in [-0.4, -0.2) is 40.4 Å². The SMILES string of the molecule is CCc1c(C)nc2c(-c3cnn(-c4cc(C(=O)O)ccn4)c3)c[nH]n2c1=O. The third-order valence-corrected chi connectivity index (χ3v) is 4.44. The van der Waals surface area contributed by atoms with Gasteiger partial charge in [-0.25, -0.2) is 24.0 Å². The van der Waals surface area contributed by atoms with Gasteiger partial charge < -0.3 is 5.11 Å². The van der Waals surface area contributed by atoms with Gasteiger partial charge in [0, 0.05) is 41.0 Å². The molecule has 0 atom stereocenters. The van der Waals surface area contributed by atoms with Crippen molar-refractivity contribution in [3.8, 4) is 16.9 Å². The van der Waals surface area contributed by atoms with E-state index in [1.54, 1.807) is 18.6 Å². The van der Waals surface area contributed by atoms with Crippen LogP contribution in [-0.2, 0) is 6.42 Å². The van der Waals surface area contributed by atoms with Gasteiger partial charge in [-0.05, 0) is 25.5 Å². The van der Waals surface area contributed by atoms with Gasteiger partial charge >= 0.3 is 5.97 Å². The van der Waals surface area contributed by atoms with Crippen molar-refractivity contribution in [3.63, 3.8) is 0 Å². The summed E-state index contributed by atoms with van der Waals surface area (Å²) in [5.74, 6) is -0.649. The average Bonchev–Trinajstić information content (AvgIpc) is 3.29. The Balaban J connectivity index is 1.81. The summed E-state index contributed by atoms with van der Waals surface area (Å²) in [6.45, 7) is 3.74. The van der Waals surface area contributed by atoms with Gasteiger partial charge in [-0.2, -0.15) is 5.10 Å². The lowest BCUT2D eigenvalue weighted by Crippen LogP contribution is -2.21. The Bertz CT molecular complexity index is 1230. The van der Waals surface area contributed by atoms with Crippen molar-refractivity contribution in [1.29, 1.82) is 0 Å². The number of aromatic carboxylic acids is 1. The van der Waals surface area contributed by atoms with E-state index in [4.69, 9.17) is 5.11 Å². The molecular weight excluding hydrogens is 348 g/mol. The lowest BCUT2D eigenvalue weighted by atomic mass is 10.1. The van der Waals surface area contributed by atoms with Crippen LogP contribution in [0.5, 0.6) is 0 Å². The molecule has 0 unspecified atom stereocenters. The first-order chi connectivity index (χ1) is 13.0. The van der Waals surface area contributed by atoms with E-state index >= 15 is 0 Å². The molecule has 4 heterocycles. The first-order valence-electron chi connectivity index (χ1n) is 8.34. The topological polar surface area (TPSA) is 118 Å². The number of hydrogen-bond acceptors (Lipinski definition) is 5. The Labute approximate surface area is 152 Å². The van der Waals surface area contributed by atoms with Gasteiger partial charge in [0.15, 0.2) is 11.5 Å². The highest BCUT2D eigenvalue weighted by Crippen LogP contribution is 2.23. The Morgan fingerprint density at radius 3 is 2.93 bits per heavy atom. The van der Waals surface area contributed by atoms with Crippen molar-refractivity contribution in [3.05, 3.63) is 64.1 Å². The van der Waals surface area contributed by atoms with Crippen LogP contribution in [0.15, 0.2) is 41.7 Å². The third kappa shape index (κ3) is 2.69. The number of carboxylic acids is 1. The highest BCUT2D eigenvalue weighted by molar-refractivity contribution is 5.87. The lowest BCUT2D eigenvalue weighted by Gasteiger charge is -2.03. The zero-order valence-corrected chi connectivity index (χ0v) is 14.7. The Kier molecular flexibility index (Phi) is 3.84. The summed E-state index contributed by atoms with van der Waals surface area (Å²) in [7, 11) is 0. The van der Waals surface area contributed by atoms with Crippen molar-refractivity contribution in [2.24, 2.45) is 0 Å². The van der Waals surface area contributed by atoms with E-state index in [9.17, 15) is 9.59 Å². The van der Waals surface area contributed by atoms with Gasteiger partial charge in [0.05, 0.1) is 11.8 Å². The maximum absolute atomic E-state index is 12.6. The van der Waals surface area contributed by atoms with Crippen molar-refractivity contribution in [1.82, 2.24) is 29.4 Å². The molecule has 2 N–H and O–H groups in total. The molecule has 0 spiro atoms. The molecule has 0 saturated heterocycles. The fraction of sp³-hybridized carbons (Fsp3) is 0.167. The monoisotopic (exact) mass is 364 g/mol. The summed E-state index contributed by atoms with van der Waals surface area (Å²) in [4.78, 5) is 32.4. The second kappa shape index (κ2) is 6.20. The zero-order valence-electron chi connectivity index (χ0n) is 14.7. The number of nitrogens with zero attached hydrogens (tertiary/aromatic N) is 5. The quantitative estimate of drug-likeness (QED) is 0.570. The number of aromatic amines is 1. The smallest absolute Gasteiger partial charge is 0.335 e. The van der Waals surface area contributed by atoms with Crippen LogP contribution < -0.4 is 5.56 Å². The minimum Gasteiger partial charge on any atom is -0.478 e. The van der Waals surface area contributed by atoms with Gasteiger partial charge in [0.25, 0.3) is 5.56 Å². The number of pyridine rings is 1. The summed E-state index contributed by atoms with van der Waals surface area (Å²) in [5, 5.41) is 16.3. The van der Waals surface area contributed by atoms with E-state index in [1.165, 1.54) is 27.5 Å². The van der Waals surface area contributed by atoms with Crippen LogP contribution in [0.25, 0.3) is 22.6 Å². The van der Waals surface area contributed by atoms with Crippen molar-refractivity contribution in [2.45, 2.75) is 20.3 Å². The Morgan fingerprint density at radius 2 is 2.19 bits per heavy atom. The maximum Gasteiger partial charge on any atom is 0.335 e. The Morgan fingerprint density at radius 1 is 1.37 bits per heavy atom. The normalized spacial score (nSPS) is 11.2. The number of aromatic nitrogens is 6. The molecule has 0 fully saturated rings. The fourth-order valence-corrected chi connectivity index (χ4v) is 3.04. The second-order valence-electron chi connectivity index (χ2n) is 6.06. The number of fused-ring (bicyclic) bond motifs is 1. The lowest BCUT2D eigenvalue weighted by molar-refractivity contribution is 0.0696. The number of aryl methyl sites for hydroxylation is 1. The zero-order chi connectivity index (χ0) is 19.1. The van der Waals surface area contributed by atoms with E-state index in [0.29, 0.717) is 29.1 Å². The van der Waals surface area contributed by atoms with Crippen molar-refractivity contribution >= 4 is 11.6 Å². The van der Waals surface area contributed by atoms with Gasteiger partial charge in [-0.15, -0.1) is 0 Å². The minimum atomic E-state index is -1.03. The molecule has 9 heteroatoms. The number of nitrogens with one attached hydrogen (secondary N) is 1. The first kappa shape index (κ1) is 16.7. The van der Waals surface area contributed by atoms with Crippen LogP contribution in [0, 0.1) is 6.92 Å². The van der Waals surface area contributed by atoms with Gasteiger partial charge in [-0.3, -0.25) is 9.89 Å². The van der Waals surface area contributed by atoms with Gasteiger partial charge in [0.2, 0.25) is 0 Å². The maximum atomic E-state index is 12.6. The molecule has 4 aromatic heterocycles. The van der Waals surface area contributed by atoms with Crippen LogP contribution in [0.3, 0.4) is 0 Å². The first-order valence-corrected chi connectivity index (χ1v) is 8.34. The average molecular weight is 364 g/mol. The van der Waals surface area contributed by atoms with Gasteiger partial charge in [-0.1, -0.05) is 6.92 Å². The minimum absolute atomic E-state index is 0.116.